The highest BCUT2D eigenvalue weighted by Crippen LogP contribution is 2.26. The fourth-order valence-electron chi connectivity index (χ4n) is 2.28. The van der Waals surface area contributed by atoms with Gasteiger partial charge in [0.2, 0.25) is 5.88 Å². The highest BCUT2D eigenvalue weighted by atomic mass is 79.9. The van der Waals surface area contributed by atoms with E-state index in [9.17, 15) is 8.42 Å². The molecule has 3 heterocycles. The summed E-state index contributed by atoms with van der Waals surface area (Å²) < 4.78 is 34.5. The van der Waals surface area contributed by atoms with Gasteiger partial charge in [0.15, 0.2) is 5.03 Å². The quantitative estimate of drug-likeness (QED) is 0.793. The van der Waals surface area contributed by atoms with Crippen molar-refractivity contribution in [2.24, 2.45) is 7.05 Å². The van der Waals surface area contributed by atoms with Gasteiger partial charge < -0.3 is 9.30 Å². The Morgan fingerprint density at radius 1 is 1.41 bits per heavy atom. The summed E-state index contributed by atoms with van der Waals surface area (Å²) >= 11 is 3.37. The van der Waals surface area contributed by atoms with Gasteiger partial charge in [0, 0.05) is 26.0 Å². The van der Waals surface area contributed by atoms with Crippen molar-refractivity contribution in [1.29, 1.82) is 0 Å². The number of halogens is 1. The molecule has 1 aliphatic heterocycles. The molecule has 0 amide bonds. The lowest BCUT2D eigenvalue weighted by Gasteiger charge is -2.16. The third-order valence-corrected chi connectivity index (χ3v) is 5.75. The molecule has 0 radical (unpaired) electrons. The third kappa shape index (κ3) is 3.01. The molecule has 0 N–H and O–H groups in total. The van der Waals surface area contributed by atoms with Gasteiger partial charge in [-0.3, -0.25) is 0 Å². The Labute approximate surface area is 137 Å². The van der Waals surface area contributed by atoms with Crippen LogP contribution in [-0.4, -0.2) is 46.5 Å². The Morgan fingerprint density at radius 3 is 2.91 bits per heavy atom. The van der Waals surface area contributed by atoms with Gasteiger partial charge in [-0.15, -0.1) is 0 Å². The SMILES string of the molecule is Cn1cnc(S(=O)(=O)N2CCC(Oc3ncccc3Br)C2)c1. The molecule has 1 fully saturated rings. The van der Waals surface area contributed by atoms with Crippen LogP contribution >= 0.6 is 15.9 Å². The van der Waals surface area contributed by atoms with Crippen LogP contribution in [-0.2, 0) is 17.1 Å². The summed E-state index contributed by atoms with van der Waals surface area (Å²) in [6, 6.07) is 3.63. The van der Waals surface area contributed by atoms with E-state index in [0.29, 0.717) is 25.4 Å². The first-order valence-corrected chi connectivity index (χ1v) is 8.95. The number of aryl methyl sites for hydroxylation is 1. The van der Waals surface area contributed by atoms with Gasteiger partial charge in [0.1, 0.15) is 6.10 Å². The lowest BCUT2D eigenvalue weighted by Crippen LogP contribution is -2.31. The van der Waals surface area contributed by atoms with Crippen LogP contribution in [0.4, 0.5) is 0 Å². The largest absolute Gasteiger partial charge is 0.472 e. The van der Waals surface area contributed by atoms with Crippen LogP contribution in [0.25, 0.3) is 0 Å². The Morgan fingerprint density at radius 2 is 2.23 bits per heavy atom. The van der Waals surface area contributed by atoms with E-state index in [-0.39, 0.29) is 11.1 Å². The number of pyridine rings is 1. The number of hydrogen-bond donors (Lipinski definition) is 0. The number of nitrogens with zero attached hydrogens (tertiary/aromatic N) is 4. The molecule has 1 aliphatic rings. The second-order valence-corrected chi connectivity index (χ2v) is 7.80. The number of sulfonamides is 1. The lowest BCUT2D eigenvalue weighted by atomic mass is 10.3. The van der Waals surface area contributed by atoms with Crippen molar-refractivity contribution in [3.8, 4) is 5.88 Å². The number of imidazole rings is 1. The smallest absolute Gasteiger partial charge is 0.262 e. The highest BCUT2D eigenvalue weighted by molar-refractivity contribution is 9.10. The first-order valence-electron chi connectivity index (χ1n) is 6.72. The predicted molar refractivity (Wildman–Crippen MR) is 82.9 cm³/mol. The molecule has 22 heavy (non-hydrogen) atoms. The summed E-state index contributed by atoms with van der Waals surface area (Å²) in [7, 11) is -1.83. The van der Waals surface area contributed by atoms with Crippen LogP contribution in [0.5, 0.6) is 5.88 Å². The third-order valence-electron chi connectivity index (χ3n) is 3.40. The maximum Gasteiger partial charge on any atom is 0.262 e. The Hall–Kier alpha value is -1.45. The molecule has 0 saturated carbocycles. The van der Waals surface area contributed by atoms with Crippen molar-refractivity contribution in [2.45, 2.75) is 17.6 Å². The zero-order chi connectivity index (χ0) is 15.7. The maximum absolute atomic E-state index is 12.5. The van der Waals surface area contributed by atoms with Crippen molar-refractivity contribution in [3.05, 3.63) is 35.3 Å². The molecular weight excluding hydrogens is 372 g/mol. The molecular formula is C13H15BrN4O3S. The molecule has 0 bridgehead atoms. The zero-order valence-electron chi connectivity index (χ0n) is 11.9. The van der Waals surface area contributed by atoms with Crippen LogP contribution < -0.4 is 4.74 Å². The summed E-state index contributed by atoms with van der Waals surface area (Å²) in [6.45, 7) is 0.704. The lowest BCUT2D eigenvalue weighted by molar-refractivity contribution is 0.205. The van der Waals surface area contributed by atoms with E-state index >= 15 is 0 Å². The first-order chi connectivity index (χ1) is 10.5. The van der Waals surface area contributed by atoms with E-state index in [1.807, 2.05) is 6.07 Å². The summed E-state index contributed by atoms with van der Waals surface area (Å²) in [5.41, 5.74) is 0. The second kappa shape index (κ2) is 5.98. The van der Waals surface area contributed by atoms with E-state index in [2.05, 4.69) is 25.9 Å². The molecule has 1 unspecified atom stereocenters. The molecule has 1 saturated heterocycles. The molecule has 2 aromatic heterocycles. The Kier molecular flexibility index (Phi) is 4.20. The van der Waals surface area contributed by atoms with E-state index in [1.54, 1.807) is 23.9 Å². The van der Waals surface area contributed by atoms with Crippen molar-refractivity contribution in [3.63, 3.8) is 0 Å². The molecule has 0 aliphatic carbocycles. The van der Waals surface area contributed by atoms with Crippen molar-refractivity contribution < 1.29 is 13.2 Å². The monoisotopic (exact) mass is 386 g/mol. The highest BCUT2D eigenvalue weighted by Gasteiger charge is 2.35. The van der Waals surface area contributed by atoms with Crippen LogP contribution in [0.1, 0.15) is 6.42 Å². The number of ether oxygens (including phenoxy) is 1. The molecule has 118 valence electrons. The molecule has 0 spiro atoms. The fourth-order valence-corrected chi connectivity index (χ4v) is 4.08. The minimum atomic E-state index is -3.56. The molecule has 1 atom stereocenters. The van der Waals surface area contributed by atoms with E-state index in [4.69, 9.17) is 4.74 Å². The van der Waals surface area contributed by atoms with E-state index in [0.717, 1.165) is 4.47 Å². The number of hydrogen-bond acceptors (Lipinski definition) is 5. The minimum absolute atomic E-state index is 0.0645. The van der Waals surface area contributed by atoms with Crippen LogP contribution in [0, 0.1) is 0 Å². The van der Waals surface area contributed by atoms with Gasteiger partial charge >= 0.3 is 0 Å². The van der Waals surface area contributed by atoms with Crippen LogP contribution in [0.3, 0.4) is 0 Å². The maximum atomic E-state index is 12.5. The van der Waals surface area contributed by atoms with Crippen LogP contribution in [0.15, 0.2) is 40.4 Å². The standard InChI is InChI=1S/C13H15BrN4O3S/c1-17-8-12(16-9-17)22(19,20)18-6-4-10(7-18)21-13-11(14)3-2-5-15-13/h2-3,5,8-10H,4,6-7H2,1H3. The molecule has 7 nitrogen and oxygen atoms in total. The van der Waals surface area contributed by atoms with Gasteiger partial charge in [-0.25, -0.2) is 18.4 Å². The van der Waals surface area contributed by atoms with Gasteiger partial charge in [0.25, 0.3) is 10.0 Å². The average Bonchev–Trinajstić information content (AvgIpc) is 3.11. The topological polar surface area (TPSA) is 77.3 Å². The fraction of sp³-hybridized carbons (Fsp3) is 0.385. The Balaban J connectivity index is 1.71. The van der Waals surface area contributed by atoms with Gasteiger partial charge in [0.05, 0.1) is 17.3 Å². The summed E-state index contributed by atoms with van der Waals surface area (Å²) in [4.78, 5) is 8.07. The first kappa shape index (κ1) is 15.4. The number of aromatic nitrogens is 3. The zero-order valence-corrected chi connectivity index (χ0v) is 14.3. The van der Waals surface area contributed by atoms with Crippen molar-refractivity contribution in [1.82, 2.24) is 18.8 Å². The van der Waals surface area contributed by atoms with Gasteiger partial charge in [-0.05, 0) is 34.5 Å². The van der Waals surface area contributed by atoms with Gasteiger partial charge in [-0.2, -0.15) is 4.31 Å². The molecule has 3 rings (SSSR count). The van der Waals surface area contributed by atoms with Gasteiger partial charge in [-0.1, -0.05) is 0 Å². The summed E-state index contributed by atoms with van der Waals surface area (Å²) in [6.07, 6.45) is 5.01. The van der Waals surface area contributed by atoms with Crippen molar-refractivity contribution in [2.75, 3.05) is 13.1 Å². The van der Waals surface area contributed by atoms with Crippen molar-refractivity contribution >= 4 is 26.0 Å². The summed E-state index contributed by atoms with van der Waals surface area (Å²) in [5.74, 6) is 0.476. The van der Waals surface area contributed by atoms with E-state index in [1.165, 1.54) is 16.8 Å². The second-order valence-electron chi connectivity index (χ2n) is 5.06. The molecule has 9 heteroatoms. The normalized spacial score (nSPS) is 19.5. The predicted octanol–water partition coefficient (Wildman–Crippen LogP) is 1.42. The molecule has 2 aromatic rings. The average molecular weight is 387 g/mol. The molecule has 0 aromatic carbocycles. The number of rotatable bonds is 4. The van der Waals surface area contributed by atoms with E-state index < -0.39 is 10.0 Å². The summed E-state index contributed by atoms with van der Waals surface area (Å²) in [5, 5.41) is 0.0645. The minimum Gasteiger partial charge on any atom is -0.472 e. The Bertz CT molecular complexity index is 777. The van der Waals surface area contributed by atoms with Crippen LogP contribution in [0.2, 0.25) is 0 Å².